The molecule has 2 aromatic rings. The topological polar surface area (TPSA) is 62.6 Å². The Labute approximate surface area is 195 Å². The molecule has 2 aliphatic rings. The molecule has 6 nitrogen and oxygen atoms in total. The fourth-order valence-corrected chi connectivity index (χ4v) is 4.73. The number of halogens is 1. The Hall–Kier alpha value is -3.11. The van der Waals surface area contributed by atoms with Gasteiger partial charge in [0.1, 0.15) is 11.9 Å². The molecule has 2 saturated heterocycles. The quantitative estimate of drug-likeness (QED) is 0.728. The lowest BCUT2D eigenvalue weighted by atomic mass is 9.93. The summed E-state index contributed by atoms with van der Waals surface area (Å²) in [7, 11) is 0. The number of nitrogens with zero attached hydrogens (tertiary/aromatic N) is 4. The molecular formula is C26H32FN5O. The van der Waals surface area contributed by atoms with Crippen LogP contribution in [-0.2, 0) is 6.54 Å². The van der Waals surface area contributed by atoms with E-state index in [4.69, 9.17) is 5.26 Å². The molecule has 0 bridgehead atoms. The Morgan fingerprint density at radius 3 is 2.45 bits per heavy atom. The van der Waals surface area contributed by atoms with Crippen LogP contribution in [0.15, 0.2) is 48.5 Å². The molecular weight excluding hydrogens is 417 g/mol. The van der Waals surface area contributed by atoms with Crippen molar-refractivity contribution in [1.82, 2.24) is 15.1 Å². The lowest BCUT2D eigenvalue weighted by molar-refractivity contribution is 0.169. The van der Waals surface area contributed by atoms with Crippen molar-refractivity contribution in [2.75, 3.05) is 50.7 Å². The molecule has 0 unspecified atom stereocenters. The SMILES string of the molecule is N#Cc1cc(N2CCN(C(=O)NCCC3CCN(Cc4ccccc4)CC3)CC2)ccc1F. The van der Waals surface area contributed by atoms with E-state index in [0.29, 0.717) is 38.6 Å². The smallest absolute Gasteiger partial charge is 0.317 e. The van der Waals surface area contributed by atoms with Crippen LogP contribution >= 0.6 is 0 Å². The summed E-state index contributed by atoms with van der Waals surface area (Å²) in [5.41, 5.74) is 2.25. The fraction of sp³-hybridized carbons (Fsp3) is 0.462. The average molecular weight is 450 g/mol. The predicted molar refractivity (Wildman–Crippen MR) is 127 cm³/mol. The molecule has 0 atom stereocenters. The van der Waals surface area contributed by atoms with Gasteiger partial charge in [-0.2, -0.15) is 5.26 Å². The van der Waals surface area contributed by atoms with Gasteiger partial charge >= 0.3 is 6.03 Å². The molecule has 0 spiro atoms. The van der Waals surface area contributed by atoms with Crippen LogP contribution < -0.4 is 10.2 Å². The largest absolute Gasteiger partial charge is 0.368 e. The minimum atomic E-state index is -0.499. The fourth-order valence-electron chi connectivity index (χ4n) is 4.73. The summed E-state index contributed by atoms with van der Waals surface area (Å²) in [5.74, 6) is 0.170. The van der Waals surface area contributed by atoms with E-state index in [-0.39, 0.29) is 11.6 Å². The van der Waals surface area contributed by atoms with Crippen LogP contribution in [0, 0.1) is 23.1 Å². The van der Waals surface area contributed by atoms with Crippen molar-refractivity contribution >= 4 is 11.7 Å². The summed E-state index contributed by atoms with van der Waals surface area (Å²) in [6.45, 7) is 6.54. The average Bonchev–Trinajstić information content (AvgIpc) is 2.86. The van der Waals surface area contributed by atoms with Crippen LogP contribution in [0.1, 0.15) is 30.4 Å². The molecule has 0 aromatic heterocycles. The van der Waals surface area contributed by atoms with E-state index >= 15 is 0 Å². The van der Waals surface area contributed by atoms with Crippen molar-refractivity contribution in [1.29, 1.82) is 5.26 Å². The number of hydrogen-bond donors (Lipinski definition) is 1. The van der Waals surface area contributed by atoms with Crippen LogP contribution in [0.5, 0.6) is 0 Å². The van der Waals surface area contributed by atoms with Gasteiger partial charge < -0.3 is 15.1 Å². The number of piperazine rings is 1. The van der Waals surface area contributed by atoms with Crippen molar-refractivity contribution in [3.8, 4) is 6.07 Å². The van der Waals surface area contributed by atoms with Crippen molar-refractivity contribution in [2.45, 2.75) is 25.8 Å². The summed E-state index contributed by atoms with van der Waals surface area (Å²) in [6, 6.07) is 17.1. The minimum absolute atomic E-state index is 0.00650. The number of hydrogen-bond acceptors (Lipinski definition) is 4. The first-order valence-corrected chi connectivity index (χ1v) is 11.9. The normalized spacial score (nSPS) is 17.6. The van der Waals surface area contributed by atoms with Gasteiger partial charge in [-0.1, -0.05) is 30.3 Å². The molecule has 2 fully saturated rings. The Kier molecular flexibility index (Phi) is 7.79. The number of likely N-dealkylation sites (tertiary alicyclic amines) is 1. The van der Waals surface area contributed by atoms with Gasteiger partial charge in [0.15, 0.2) is 0 Å². The summed E-state index contributed by atoms with van der Waals surface area (Å²) < 4.78 is 13.6. The Morgan fingerprint density at radius 1 is 1.03 bits per heavy atom. The first-order chi connectivity index (χ1) is 16.1. The number of nitriles is 1. The van der Waals surface area contributed by atoms with Gasteiger partial charge in [0.05, 0.1) is 5.56 Å². The lowest BCUT2D eigenvalue weighted by Gasteiger charge is -2.36. The van der Waals surface area contributed by atoms with Crippen LogP contribution in [0.4, 0.5) is 14.9 Å². The zero-order chi connectivity index (χ0) is 23.0. The van der Waals surface area contributed by atoms with E-state index < -0.39 is 5.82 Å². The molecule has 174 valence electrons. The van der Waals surface area contributed by atoms with E-state index in [1.807, 2.05) is 11.0 Å². The Bertz CT molecular complexity index is 960. The summed E-state index contributed by atoms with van der Waals surface area (Å²) in [5, 5.41) is 12.1. The van der Waals surface area contributed by atoms with Gasteiger partial charge in [-0.3, -0.25) is 4.90 Å². The van der Waals surface area contributed by atoms with Crippen molar-refractivity contribution in [2.24, 2.45) is 5.92 Å². The number of benzene rings is 2. The maximum Gasteiger partial charge on any atom is 0.317 e. The number of piperidine rings is 1. The first-order valence-electron chi connectivity index (χ1n) is 11.9. The molecule has 2 amide bonds. The zero-order valence-corrected chi connectivity index (χ0v) is 19.0. The number of carbonyl (C=O) groups excluding carboxylic acids is 1. The third kappa shape index (κ3) is 6.23. The van der Waals surface area contributed by atoms with Gasteiger partial charge in [0, 0.05) is 45.0 Å². The highest BCUT2D eigenvalue weighted by atomic mass is 19.1. The van der Waals surface area contributed by atoms with Gasteiger partial charge in [-0.05, 0) is 62.0 Å². The van der Waals surface area contributed by atoms with Crippen LogP contribution in [0.25, 0.3) is 0 Å². The van der Waals surface area contributed by atoms with E-state index in [2.05, 4.69) is 45.4 Å². The summed E-state index contributed by atoms with van der Waals surface area (Å²) in [6.07, 6.45) is 3.39. The van der Waals surface area contributed by atoms with Gasteiger partial charge in [0.25, 0.3) is 0 Å². The van der Waals surface area contributed by atoms with E-state index in [0.717, 1.165) is 31.7 Å². The molecule has 0 saturated carbocycles. The molecule has 4 rings (SSSR count). The summed E-state index contributed by atoms with van der Waals surface area (Å²) >= 11 is 0. The standard InChI is InChI=1S/C26H32FN5O/c27-25-7-6-24(18-23(25)19-28)31-14-16-32(17-15-31)26(33)29-11-8-21-9-12-30(13-10-21)20-22-4-2-1-3-5-22/h1-7,18,21H,8-17,20H2,(H,29,33). The number of rotatable bonds is 6. The van der Waals surface area contributed by atoms with Crippen LogP contribution in [0.3, 0.4) is 0 Å². The molecule has 33 heavy (non-hydrogen) atoms. The molecule has 2 heterocycles. The number of anilines is 1. The molecule has 2 aliphatic heterocycles. The highest BCUT2D eigenvalue weighted by molar-refractivity contribution is 5.74. The highest BCUT2D eigenvalue weighted by Gasteiger charge is 2.23. The second-order valence-corrected chi connectivity index (χ2v) is 8.98. The number of amides is 2. The number of carbonyl (C=O) groups is 1. The van der Waals surface area contributed by atoms with Crippen molar-refractivity contribution in [3.63, 3.8) is 0 Å². The highest BCUT2D eigenvalue weighted by Crippen LogP contribution is 2.22. The van der Waals surface area contributed by atoms with Gasteiger partial charge in [0.2, 0.25) is 0 Å². The van der Waals surface area contributed by atoms with Gasteiger partial charge in [-0.15, -0.1) is 0 Å². The van der Waals surface area contributed by atoms with Crippen LogP contribution in [-0.4, -0.2) is 61.6 Å². The number of nitrogens with one attached hydrogen (secondary N) is 1. The Morgan fingerprint density at radius 2 is 1.76 bits per heavy atom. The maximum atomic E-state index is 13.6. The third-order valence-corrected chi connectivity index (χ3v) is 6.79. The molecule has 7 heteroatoms. The molecule has 2 aromatic carbocycles. The lowest BCUT2D eigenvalue weighted by Crippen LogP contribution is -2.52. The molecule has 0 radical (unpaired) electrons. The van der Waals surface area contributed by atoms with E-state index in [1.165, 1.54) is 24.5 Å². The van der Waals surface area contributed by atoms with Gasteiger partial charge in [-0.25, -0.2) is 9.18 Å². The van der Waals surface area contributed by atoms with Crippen LogP contribution in [0.2, 0.25) is 0 Å². The minimum Gasteiger partial charge on any atom is -0.368 e. The second kappa shape index (κ2) is 11.2. The van der Waals surface area contributed by atoms with Crippen molar-refractivity contribution in [3.05, 3.63) is 65.5 Å². The molecule has 0 aliphatic carbocycles. The maximum absolute atomic E-state index is 13.6. The van der Waals surface area contributed by atoms with E-state index in [1.54, 1.807) is 12.1 Å². The van der Waals surface area contributed by atoms with E-state index in [9.17, 15) is 9.18 Å². The van der Waals surface area contributed by atoms with Crippen molar-refractivity contribution < 1.29 is 9.18 Å². The Balaban J connectivity index is 1.13. The molecule has 1 N–H and O–H groups in total. The number of urea groups is 1. The summed E-state index contributed by atoms with van der Waals surface area (Å²) in [4.78, 5) is 19.0. The third-order valence-electron chi connectivity index (χ3n) is 6.79. The second-order valence-electron chi connectivity index (χ2n) is 8.98. The monoisotopic (exact) mass is 449 g/mol. The first kappa shape index (κ1) is 23.1. The predicted octanol–water partition coefficient (Wildman–Crippen LogP) is 3.83. The zero-order valence-electron chi connectivity index (χ0n) is 19.0.